The number of imidazole rings is 1. The second-order valence-corrected chi connectivity index (χ2v) is 5.82. The molecule has 0 fully saturated rings. The standard InChI is InChI=1S/C18H20N4O3/c1-12-16(13(2)25-21-12)11-24-15-6-4-5-14(9-15)18(23)22(3)10-17-19-7-8-20-17/h4-9H,10-11H2,1-3H3,(H,19,20). The first kappa shape index (κ1) is 16.8. The van der Waals surface area contributed by atoms with E-state index in [1.54, 1.807) is 42.5 Å². The average molecular weight is 340 g/mol. The Morgan fingerprint density at radius 2 is 2.20 bits per heavy atom. The maximum absolute atomic E-state index is 12.6. The van der Waals surface area contributed by atoms with Crippen LogP contribution >= 0.6 is 0 Å². The third-order valence-corrected chi connectivity index (χ3v) is 3.93. The number of carbonyl (C=O) groups excluding carboxylic acids is 1. The summed E-state index contributed by atoms with van der Waals surface area (Å²) < 4.78 is 10.9. The molecule has 1 N–H and O–H groups in total. The van der Waals surface area contributed by atoms with Crippen LogP contribution in [0, 0.1) is 13.8 Å². The van der Waals surface area contributed by atoms with Gasteiger partial charge in [0, 0.05) is 25.0 Å². The predicted octanol–water partition coefficient (Wildman–Crippen LogP) is 2.87. The van der Waals surface area contributed by atoms with E-state index in [2.05, 4.69) is 15.1 Å². The first-order valence-electron chi connectivity index (χ1n) is 7.93. The highest BCUT2D eigenvalue weighted by Crippen LogP contribution is 2.19. The second kappa shape index (κ2) is 7.21. The molecule has 0 saturated carbocycles. The summed E-state index contributed by atoms with van der Waals surface area (Å²) in [7, 11) is 1.74. The average Bonchev–Trinajstić information content (AvgIpc) is 3.23. The molecular weight excluding hydrogens is 320 g/mol. The Balaban J connectivity index is 1.67. The number of nitrogens with one attached hydrogen (secondary N) is 1. The van der Waals surface area contributed by atoms with E-state index in [4.69, 9.17) is 9.26 Å². The van der Waals surface area contributed by atoms with Gasteiger partial charge in [0.05, 0.1) is 17.8 Å². The first-order chi connectivity index (χ1) is 12.0. The summed E-state index contributed by atoms with van der Waals surface area (Å²) in [6, 6.07) is 7.13. The summed E-state index contributed by atoms with van der Waals surface area (Å²) in [5.41, 5.74) is 2.29. The van der Waals surface area contributed by atoms with Gasteiger partial charge in [-0.15, -0.1) is 0 Å². The van der Waals surface area contributed by atoms with Crippen molar-refractivity contribution >= 4 is 5.91 Å². The van der Waals surface area contributed by atoms with E-state index in [1.807, 2.05) is 19.9 Å². The Labute approximate surface area is 145 Å². The maximum Gasteiger partial charge on any atom is 0.254 e. The van der Waals surface area contributed by atoms with Crippen LogP contribution in [0.1, 0.15) is 33.2 Å². The molecular formula is C18H20N4O3. The number of amides is 1. The fraction of sp³-hybridized carbons (Fsp3) is 0.278. The van der Waals surface area contributed by atoms with Gasteiger partial charge >= 0.3 is 0 Å². The fourth-order valence-electron chi connectivity index (χ4n) is 2.48. The molecule has 2 heterocycles. The molecule has 0 aliphatic carbocycles. The number of hydrogen-bond acceptors (Lipinski definition) is 5. The summed E-state index contributed by atoms with van der Waals surface area (Å²) in [4.78, 5) is 21.3. The molecule has 2 aromatic heterocycles. The molecule has 130 valence electrons. The molecule has 0 saturated heterocycles. The lowest BCUT2D eigenvalue weighted by Crippen LogP contribution is -2.26. The number of hydrogen-bond donors (Lipinski definition) is 1. The van der Waals surface area contributed by atoms with Gasteiger partial charge in [0.15, 0.2) is 0 Å². The Bertz CT molecular complexity index is 836. The fourth-order valence-corrected chi connectivity index (χ4v) is 2.48. The van der Waals surface area contributed by atoms with Gasteiger partial charge in [-0.1, -0.05) is 11.2 Å². The highest BCUT2D eigenvalue weighted by Gasteiger charge is 2.14. The number of benzene rings is 1. The van der Waals surface area contributed by atoms with Crippen molar-refractivity contribution in [2.45, 2.75) is 27.0 Å². The van der Waals surface area contributed by atoms with Crippen LogP contribution < -0.4 is 4.74 Å². The topological polar surface area (TPSA) is 84.2 Å². The third-order valence-electron chi connectivity index (χ3n) is 3.93. The van der Waals surface area contributed by atoms with Crippen LogP contribution in [0.25, 0.3) is 0 Å². The molecule has 3 rings (SSSR count). The molecule has 1 aromatic carbocycles. The number of H-pyrrole nitrogens is 1. The van der Waals surface area contributed by atoms with Crippen molar-refractivity contribution in [2.24, 2.45) is 0 Å². The van der Waals surface area contributed by atoms with Crippen molar-refractivity contribution in [1.29, 1.82) is 0 Å². The monoisotopic (exact) mass is 340 g/mol. The summed E-state index contributed by atoms with van der Waals surface area (Å²) in [5.74, 6) is 2.00. The molecule has 0 atom stereocenters. The molecule has 0 spiro atoms. The molecule has 0 radical (unpaired) electrons. The van der Waals surface area contributed by atoms with E-state index in [-0.39, 0.29) is 5.91 Å². The number of rotatable bonds is 6. The van der Waals surface area contributed by atoms with Gasteiger partial charge in [-0.05, 0) is 32.0 Å². The molecule has 1 amide bonds. The van der Waals surface area contributed by atoms with Crippen LogP contribution in [0.15, 0.2) is 41.2 Å². The minimum atomic E-state index is -0.0980. The Morgan fingerprint density at radius 1 is 1.36 bits per heavy atom. The number of nitrogens with zero attached hydrogens (tertiary/aromatic N) is 3. The Morgan fingerprint density at radius 3 is 2.88 bits per heavy atom. The lowest BCUT2D eigenvalue weighted by Gasteiger charge is -2.16. The van der Waals surface area contributed by atoms with Crippen LogP contribution in [0.5, 0.6) is 5.75 Å². The molecule has 7 nitrogen and oxygen atoms in total. The number of aryl methyl sites for hydroxylation is 2. The van der Waals surface area contributed by atoms with Gasteiger partial charge in [0.2, 0.25) is 0 Å². The van der Waals surface area contributed by atoms with Crippen molar-refractivity contribution in [3.63, 3.8) is 0 Å². The quantitative estimate of drug-likeness (QED) is 0.746. The number of ether oxygens (including phenoxy) is 1. The van der Waals surface area contributed by atoms with Crippen LogP contribution in [-0.2, 0) is 13.2 Å². The molecule has 0 bridgehead atoms. The van der Waals surface area contributed by atoms with Gasteiger partial charge in [0.1, 0.15) is 23.9 Å². The van der Waals surface area contributed by atoms with Gasteiger partial charge < -0.3 is 19.1 Å². The van der Waals surface area contributed by atoms with Gasteiger partial charge in [-0.2, -0.15) is 0 Å². The van der Waals surface area contributed by atoms with Crippen LogP contribution in [-0.4, -0.2) is 33.0 Å². The van der Waals surface area contributed by atoms with Gasteiger partial charge in [-0.3, -0.25) is 4.79 Å². The Kier molecular flexibility index (Phi) is 4.83. The normalized spacial score (nSPS) is 10.7. The zero-order valence-electron chi connectivity index (χ0n) is 14.4. The van der Waals surface area contributed by atoms with Crippen molar-refractivity contribution in [3.05, 3.63) is 65.1 Å². The summed E-state index contributed by atoms with van der Waals surface area (Å²) >= 11 is 0. The van der Waals surface area contributed by atoms with E-state index < -0.39 is 0 Å². The smallest absolute Gasteiger partial charge is 0.254 e. The van der Waals surface area contributed by atoms with Gasteiger partial charge in [0.25, 0.3) is 5.91 Å². The molecule has 0 aliphatic rings. The lowest BCUT2D eigenvalue weighted by molar-refractivity contribution is 0.0781. The number of carbonyl (C=O) groups is 1. The van der Waals surface area contributed by atoms with Crippen molar-refractivity contribution in [3.8, 4) is 5.75 Å². The van der Waals surface area contributed by atoms with E-state index in [0.29, 0.717) is 24.5 Å². The van der Waals surface area contributed by atoms with E-state index in [1.165, 1.54) is 0 Å². The van der Waals surface area contributed by atoms with Crippen molar-refractivity contribution in [2.75, 3.05) is 7.05 Å². The van der Waals surface area contributed by atoms with E-state index >= 15 is 0 Å². The number of aromatic nitrogens is 3. The van der Waals surface area contributed by atoms with Gasteiger partial charge in [-0.25, -0.2) is 4.98 Å². The maximum atomic E-state index is 12.6. The molecule has 25 heavy (non-hydrogen) atoms. The summed E-state index contributed by atoms with van der Waals surface area (Å²) in [5, 5.41) is 3.91. The Hall–Kier alpha value is -3.09. The summed E-state index contributed by atoms with van der Waals surface area (Å²) in [6.45, 7) is 4.48. The van der Waals surface area contributed by atoms with E-state index in [9.17, 15) is 4.79 Å². The highest BCUT2D eigenvalue weighted by molar-refractivity contribution is 5.94. The minimum absolute atomic E-state index is 0.0980. The zero-order valence-corrected chi connectivity index (χ0v) is 14.4. The summed E-state index contributed by atoms with van der Waals surface area (Å²) in [6.07, 6.45) is 3.40. The second-order valence-electron chi connectivity index (χ2n) is 5.82. The third kappa shape index (κ3) is 3.88. The van der Waals surface area contributed by atoms with Crippen LogP contribution in [0.4, 0.5) is 0 Å². The molecule has 3 aromatic rings. The van der Waals surface area contributed by atoms with E-state index in [0.717, 1.165) is 22.8 Å². The first-order valence-corrected chi connectivity index (χ1v) is 7.93. The molecule has 0 unspecified atom stereocenters. The van der Waals surface area contributed by atoms with Crippen LogP contribution in [0.3, 0.4) is 0 Å². The minimum Gasteiger partial charge on any atom is -0.489 e. The van der Waals surface area contributed by atoms with Crippen molar-refractivity contribution < 1.29 is 14.1 Å². The SMILES string of the molecule is Cc1noc(C)c1COc1cccc(C(=O)N(C)Cc2ncc[nH]2)c1. The highest BCUT2D eigenvalue weighted by atomic mass is 16.5. The molecule has 0 aliphatic heterocycles. The number of aromatic amines is 1. The predicted molar refractivity (Wildman–Crippen MR) is 91.1 cm³/mol. The van der Waals surface area contributed by atoms with Crippen molar-refractivity contribution in [1.82, 2.24) is 20.0 Å². The zero-order chi connectivity index (χ0) is 17.8. The molecule has 7 heteroatoms. The van der Waals surface area contributed by atoms with Crippen LogP contribution in [0.2, 0.25) is 0 Å². The largest absolute Gasteiger partial charge is 0.489 e. The lowest BCUT2D eigenvalue weighted by atomic mass is 10.2.